The van der Waals surface area contributed by atoms with E-state index in [1.165, 1.54) is 6.07 Å². The van der Waals surface area contributed by atoms with Crippen LogP contribution in [-0.2, 0) is 16.5 Å². The van der Waals surface area contributed by atoms with E-state index in [4.69, 9.17) is 0 Å². The van der Waals surface area contributed by atoms with E-state index in [1.807, 2.05) is 12.1 Å². The Morgan fingerprint density at radius 3 is 2.20 bits per heavy atom. The Bertz CT molecular complexity index is 1170. The smallest absolute Gasteiger partial charge is 0.373 e. The lowest BCUT2D eigenvalue weighted by molar-refractivity contribution is -0.0500. The van der Waals surface area contributed by atoms with Crippen LogP contribution in [0, 0.1) is 11.6 Å². The van der Waals surface area contributed by atoms with Crippen molar-refractivity contribution in [2.75, 3.05) is 0 Å². The summed E-state index contributed by atoms with van der Waals surface area (Å²) in [4.78, 5) is 0. The molecule has 0 saturated heterocycles. The molecule has 0 unspecified atom stereocenters. The summed E-state index contributed by atoms with van der Waals surface area (Å²) in [7, 11) is -6.08. The third-order valence-electron chi connectivity index (χ3n) is 4.56. The second-order valence-electron chi connectivity index (χ2n) is 6.72. The van der Waals surface area contributed by atoms with Crippen molar-refractivity contribution in [3.63, 3.8) is 0 Å². The maximum absolute atomic E-state index is 14.6. The lowest BCUT2D eigenvalue weighted by Gasteiger charge is -2.12. The summed E-state index contributed by atoms with van der Waals surface area (Å²) in [5.41, 5.74) is -3.49. The average molecular weight is 444 g/mol. The van der Waals surface area contributed by atoms with Gasteiger partial charge in [0.2, 0.25) is 0 Å². The van der Waals surface area contributed by atoms with Crippen molar-refractivity contribution in [3.05, 3.63) is 65.7 Å². The van der Waals surface area contributed by atoms with Gasteiger partial charge in [0.25, 0.3) is 0 Å². The maximum atomic E-state index is 14.6. The van der Waals surface area contributed by atoms with Crippen LogP contribution in [0.3, 0.4) is 0 Å². The fourth-order valence-corrected chi connectivity index (χ4v) is 3.45. The van der Waals surface area contributed by atoms with Gasteiger partial charge in [-0.3, -0.25) is 0 Å². The van der Waals surface area contributed by atoms with Crippen LogP contribution in [-0.4, -0.2) is 13.9 Å². The summed E-state index contributed by atoms with van der Waals surface area (Å²) in [5, 5.41) is -0.609. The second-order valence-corrected chi connectivity index (χ2v) is 8.26. The molecule has 3 nitrogen and oxygen atoms in total. The van der Waals surface area contributed by atoms with Gasteiger partial charge in [0.15, 0.2) is 11.6 Å². The van der Waals surface area contributed by atoms with Gasteiger partial charge in [-0.1, -0.05) is 43.7 Å². The highest BCUT2D eigenvalue weighted by molar-refractivity contribution is 7.88. The lowest BCUT2D eigenvalue weighted by atomic mass is 9.98. The SMILES string of the molecule is CCCCc1ccc(-c2cc(F)c3c(F)c(OS(=O)(=O)C(F)(F)F)ccc3c2)cc1. The Kier molecular flexibility index (Phi) is 6.03. The van der Waals surface area contributed by atoms with Crippen LogP contribution in [0.25, 0.3) is 21.9 Å². The fourth-order valence-electron chi connectivity index (χ4n) is 2.99. The summed E-state index contributed by atoms with van der Waals surface area (Å²) in [6.45, 7) is 2.08. The van der Waals surface area contributed by atoms with Crippen LogP contribution < -0.4 is 4.18 Å². The summed E-state index contributed by atoms with van der Waals surface area (Å²) in [6.07, 6.45) is 3.01. The first-order chi connectivity index (χ1) is 14.0. The molecule has 0 spiro atoms. The van der Waals surface area contributed by atoms with Gasteiger partial charge in [-0.05, 0) is 53.1 Å². The molecule has 0 bridgehead atoms. The molecule has 0 saturated carbocycles. The number of alkyl halides is 3. The molecule has 0 atom stereocenters. The number of hydrogen-bond acceptors (Lipinski definition) is 3. The summed E-state index contributed by atoms with van der Waals surface area (Å²) in [6, 6.07) is 11.7. The van der Waals surface area contributed by atoms with E-state index in [0.717, 1.165) is 43.0 Å². The largest absolute Gasteiger partial charge is 0.534 e. The zero-order valence-corrected chi connectivity index (χ0v) is 16.6. The van der Waals surface area contributed by atoms with Gasteiger partial charge in [0, 0.05) is 0 Å². The first-order valence-corrected chi connectivity index (χ1v) is 10.5. The molecule has 9 heteroatoms. The Morgan fingerprint density at radius 2 is 1.60 bits per heavy atom. The second kappa shape index (κ2) is 8.22. The first kappa shape index (κ1) is 22.0. The third kappa shape index (κ3) is 4.40. The molecular formula is C21H17F5O3S. The molecule has 0 aliphatic carbocycles. The number of aryl methyl sites for hydroxylation is 1. The van der Waals surface area contributed by atoms with Gasteiger partial charge in [-0.2, -0.15) is 21.6 Å². The molecule has 0 fully saturated rings. The van der Waals surface area contributed by atoms with E-state index in [2.05, 4.69) is 11.1 Å². The lowest BCUT2D eigenvalue weighted by Crippen LogP contribution is -2.28. The Balaban J connectivity index is 1.99. The highest BCUT2D eigenvalue weighted by Crippen LogP contribution is 2.35. The first-order valence-electron chi connectivity index (χ1n) is 9.05. The van der Waals surface area contributed by atoms with Crippen LogP contribution in [0.5, 0.6) is 5.75 Å². The molecule has 3 aromatic rings. The van der Waals surface area contributed by atoms with E-state index < -0.39 is 38.4 Å². The molecule has 30 heavy (non-hydrogen) atoms. The molecule has 0 radical (unpaired) electrons. The number of rotatable bonds is 6. The minimum absolute atomic E-state index is 0.0503. The molecule has 0 N–H and O–H groups in total. The summed E-state index contributed by atoms with van der Waals surface area (Å²) >= 11 is 0. The normalized spacial score (nSPS) is 12.3. The van der Waals surface area contributed by atoms with Crippen LogP contribution in [0.1, 0.15) is 25.3 Å². The van der Waals surface area contributed by atoms with Crippen LogP contribution in [0.4, 0.5) is 22.0 Å². The Labute approximate surface area is 170 Å². The van der Waals surface area contributed by atoms with Crippen LogP contribution in [0.15, 0.2) is 48.5 Å². The van der Waals surface area contributed by atoms with Crippen molar-refractivity contribution in [2.45, 2.75) is 31.7 Å². The molecule has 3 rings (SSSR count). The molecule has 0 heterocycles. The predicted molar refractivity (Wildman–Crippen MR) is 104 cm³/mol. The molecule has 0 amide bonds. The van der Waals surface area contributed by atoms with Crippen LogP contribution in [0.2, 0.25) is 0 Å². The van der Waals surface area contributed by atoms with E-state index in [0.29, 0.717) is 11.1 Å². The van der Waals surface area contributed by atoms with Crippen molar-refractivity contribution in [2.24, 2.45) is 0 Å². The number of benzene rings is 3. The quantitative estimate of drug-likeness (QED) is 0.253. The molecule has 160 valence electrons. The molecule has 0 aliphatic rings. The Morgan fingerprint density at radius 1 is 0.933 bits per heavy atom. The predicted octanol–water partition coefficient (Wildman–Crippen LogP) is 6.36. The van der Waals surface area contributed by atoms with E-state index >= 15 is 0 Å². The van der Waals surface area contributed by atoms with E-state index in [-0.39, 0.29) is 5.39 Å². The van der Waals surface area contributed by atoms with Gasteiger partial charge in [0.1, 0.15) is 5.82 Å². The standard InChI is InChI=1S/C21H17F5O3S/c1-2-3-4-13-5-7-14(8-6-13)16-11-15-9-10-18(20(23)19(15)17(22)12-16)29-30(27,28)21(24,25)26/h5-12H,2-4H2,1H3. The number of unbranched alkanes of at least 4 members (excludes halogenated alkanes) is 1. The van der Waals surface area contributed by atoms with Crippen molar-refractivity contribution in [3.8, 4) is 16.9 Å². The number of halogens is 5. The van der Waals surface area contributed by atoms with Gasteiger partial charge < -0.3 is 4.18 Å². The summed E-state index contributed by atoms with van der Waals surface area (Å²) in [5.74, 6) is -3.81. The Hall–Kier alpha value is -2.68. The van der Waals surface area contributed by atoms with Gasteiger partial charge in [-0.15, -0.1) is 0 Å². The summed E-state index contributed by atoms with van der Waals surface area (Å²) < 4.78 is 92.7. The molecular weight excluding hydrogens is 427 g/mol. The third-order valence-corrected chi connectivity index (χ3v) is 5.53. The maximum Gasteiger partial charge on any atom is 0.534 e. The number of fused-ring (bicyclic) bond motifs is 1. The zero-order valence-electron chi connectivity index (χ0n) is 15.8. The van der Waals surface area contributed by atoms with Gasteiger partial charge in [0.05, 0.1) is 5.39 Å². The molecule has 3 aromatic carbocycles. The molecule has 0 aromatic heterocycles. The van der Waals surface area contributed by atoms with Crippen molar-refractivity contribution in [1.82, 2.24) is 0 Å². The zero-order chi connectivity index (χ0) is 22.1. The number of hydrogen-bond donors (Lipinski definition) is 0. The van der Waals surface area contributed by atoms with E-state index in [1.54, 1.807) is 12.1 Å². The minimum atomic E-state index is -6.08. The van der Waals surface area contributed by atoms with Crippen molar-refractivity contribution >= 4 is 20.9 Å². The van der Waals surface area contributed by atoms with Gasteiger partial charge >= 0.3 is 15.6 Å². The van der Waals surface area contributed by atoms with Crippen molar-refractivity contribution in [1.29, 1.82) is 0 Å². The highest BCUT2D eigenvalue weighted by Gasteiger charge is 2.49. The highest BCUT2D eigenvalue weighted by atomic mass is 32.2. The van der Waals surface area contributed by atoms with Gasteiger partial charge in [-0.25, -0.2) is 8.78 Å². The minimum Gasteiger partial charge on any atom is -0.373 e. The van der Waals surface area contributed by atoms with Crippen molar-refractivity contribution < 1.29 is 34.6 Å². The van der Waals surface area contributed by atoms with E-state index in [9.17, 15) is 30.4 Å². The van der Waals surface area contributed by atoms with Crippen LogP contribution >= 0.6 is 0 Å². The topological polar surface area (TPSA) is 43.4 Å². The monoisotopic (exact) mass is 444 g/mol. The average Bonchev–Trinajstić information content (AvgIpc) is 2.67. The molecule has 0 aliphatic heterocycles. The fraction of sp³-hybridized carbons (Fsp3) is 0.238.